The van der Waals surface area contributed by atoms with Crippen LogP contribution in [-0.2, 0) is 4.79 Å². The van der Waals surface area contributed by atoms with E-state index in [1.165, 1.54) is 0 Å². The molecule has 0 spiro atoms. The molecule has 144 valence electrons. The number of amides is 3. The third kappa shape index (κ3) is 3.96. The van der Waals surface area contributed by atoms with Crippen LogP contribution >= 0.6 is 0 Å². The molecular formula is C21H16N4O4. The minimum Gasteiger partial charge on any atom is -0.424 e. The van der Waals surface area contributed by atoms with E-state index in [2.05, 4.69) is 15.3 Å². The molecular weight excluding hydrogens is 372 g/mol. The van der Waals surface area contributed by atoms with Gasteiger partial charge in [-0.1, -0.05) is 12.1 Å². The standard InChI is InChI=1S/C21H16N4O4/c26-18(10-13-25-19(27)16-4-1-2-5-17(16)20(25)28)24-14-6-8-15(9-7-14)29-21-22-11-3-12-23-21/h1-9,11-12H,10,13H2,(H,24,26). The normalized spacial score (nSPS) is 12.6. The maximum atomic E-state index is 12.3. The highest BCUT2D eigenvalue weighted by atomic mass is 16.5. The van der Waals surface area contributed by atoms with Crippen molar-refractivity contribution in [2.45, 2.75) is 6.42 Å². The first-order chi connectivity index (χ1) is 14.1. The molecule has 0 radical (unpaired) electrons. The van der Waals surface area contributed by atoms with Crippen LogP contribution in [0.3, 0.4) is 0 Å². The second kappa shape index (κ2) is 7.89. The highest BCUT2D eigenvalue weighted by molar-refractivity contribution is 6.21. The summed E-state index contributed by atoms with van der Waals surface area (Å²) < 4.78 is 5.49. The molecule has 3 amide bonds. The van der Waals surface area contributed by atoms with Crippen LogP contribution in [0.5, 0.6) is 11.8 Å². The van der Waals surface area contributed by atoms with Crippen LogP contribution in [0.2, 0.25) is 0 Å². The Bertz CT molecular complexity index is 1030. The van der Waals surface area contributed by atoms with E-state index < -0.39 is 0 Å². The van der Waals surface area contributed by atoms with Crippen LogP contribution in [-0.4, -0.2) is 39.1 Å². The van der Waals surface area contributed by atoms with E-state index in [1.54, 1.807) is 67.0 Å². The predicted molar refractivity (Wildman–Crippen MR) is 104 cm³/mol. The van der Waals surface area contributed by atoms with Gasteiger partial charge in [-0.2, -0.15) is 0 Å². The van der Waals surface area contributed by atoms with Gasteiger partial charge in [0.15, 0.2) is 0 Å². The Labute approximate surface area is 166 Å². The molecule has 1 aliphatic rings. The summed E-state index contributed by atoms with van der Waals surface area (Å²) in [5.41, 5.74) is 1.31. The zero-order chi connectivity index (χ0) is 20.2. The van der Waals surface area contributed by atoms with Gasteiger partial charge in [-0.3, -0.25) is 19.3 Å². The average molecular weight is 388 g/mol. The summed E-state index contributed by atoms with van der Waals surface area (Å²) in [6, 6.07) is 15.3. The van der Waals surface area contributed by atoms with Crippen molar-refractivity contribution in [1.29, 1.82) is 0 Å². The SMILES string of the molecule is O=C(CCN1C(=O)c2ccccc2C1=O)Nc1ccc(Oc2ncccn2)cc1. The minimum atomic E-state index is -0.372. The van der Waals surface area contributed by atoms with Gasteiger partial charge in [0.1, 0.15) is 5.75 Å². The van der Waals surface area contributed by atoms with Gasteiger partial charge >= 0.3 is 6.01 Å². The first-order valence-corrected chi connectivity index (χ1v) is 8.92. The Hall–Kier alpha value is -4.07. The van der Waals surface area contributed by atoms with Crippen molar-refractivity contribution < 1.29 is 19.1 Å². The smallest absolute Gasteiger partial charge is 0.321 e. The molecule has 4 rings (SSSR count). The fourth-order valence-corrected chi connectivity index (χ4v) is 2.93. The lowest BCUT2D eigenvalue weighted by molar-refractivity contribution is -0.116. The zero-order valence-electron chi connectivity index (χ0n) is 15.2. The molecule has 3 aromatic rings. The number of nitrogens with zero attached hydrogens (tertiary/aromatic N) is 3. The lowest BCUT2D eigenvalue weighted by Gasteiger charge is -2.13. The van der Waals surface area contributed by atoms with Crippen molar-refractivity contribution in [1.82, 2.24) is 14.9 Å². The summed E-state index contributed by atoms with van der Waals surface area (Å²) in [4.78, 5) is 45.9. The second-order valence-electron chi connectivity index (χ2n) is 6.26. The van der Waals surface area contributed by atoms with Gasteiger partial charge in [-0.05, 0) is 42.5 Å². The topological polar surface area (TPSA) is 101 Å². The summed E-state index contributed by atoms with van der Waals surface area (Å²) in [6.07, 6.45) is 3.15. The fourth-order valence-electron chi connectivity index (χ4n) is 2.93. The van der Waals surface area contributed by atoms with E-state index in [0.29, 0.717) is 22.6 Å². The molecule has 29 heavy (non-hydrogen) atoms. The van der Waals surface area contributed by atoms with Gasteiger partial charge in [0, 0.05) is 31.0 Å². The van der Waals surface area contributed by atoms with Gasteiger partial charge < -0.3 is 10.1 Å². The quantitative estimate of drug-likeness (QED) is 0.652. The Morgan fingerprint density at radius 2 is 1.52 bits per heavy atom. The van der Waals surface area contributed by atoms with E-state index in [4.69, 9.17) is 4.74 Å². The van der Waals surface area contributed by atoms with Gasteiger partial charge in [0.25, 0.3) is 11.8 Å². The predicted octanol–water partition coefficient (Wildman–Crippen LogP) is 2.89. The Balaban J connectivity index is 1.31. The molecule has 0 atom stereocenters. The first-order valence-electron chi connectivity index (χ1n) is 8.92. The molecule has 2 aromatic carbocycles. The Kier molecular flexibility index (Phi) is 4.98. The van der Waals surface area contributed by atoms with E-state index in [9.17, 15) is 14.4 Å². The number of hydrogen-bond acceptors (Lipinski definition) is 6. The monoisotopic (exact) mass is 388 g/mol. The van der Waals surface area contributed by atoms with Crippen LogP contribution in [0.15, 0.2) is 67.0 Å². The second-order valence-corrected chi connectivity index (χ2v) is 6.26. The van der Waals surface area contributed by atoms with Crippen LogP contribution < -0.4 is 10.1 Å². The summed E-state index contributed by atoms with van der Waals surface area (Å²) in [5.74, 6) is -0.520. The molecule has 1 aromatic heterocycles. The van der Waals surface area contributed by atoms with E-state index in [1.807, 2.05) is 0 Å². The van der Waals surface area contributed by atoms with Crippen molar-refractivity contribution in [3.63, 3.8) is 0 Å². The van der Waals surface area contributed by atoms with Crippen molar-refractivity contribution in [3.05, 3.63) is 78.1 Å². The number of anilines is 1. The lowest BCUT2D eigenvalue weighted by atomic mass is 10.1. The summed E-state index contributed by atoms with van der Waals surface area (Å²) in [5, 5.41) is 2.73. The average Bonchev–Trinajstić information content (AvgIpc) is 2.99. The molecule has 0 fully saturated rings. The molecule has 0 aliphatic carbocycles. The summed E-state index contributed by atoms with van der Waals surface area (Å²) in [7, 11) is 0. The molecule has 0 saturated heterocycles. The summed E-state index contributed by atoms with van der Waals surface area (Å²) >= 11 is 0. The molecule has 0 saturated carbocycles. The van der Waals surface area contributed by atoms with Gasteiger partial charge in [0.05, 0.1) is 11.1 Å². The highest BCUT2D eigenvalue weighted by Gasteiger charge is 2.34. The highest BCUT2D eigenvalue weighted by Crippen LogP contribution is 2.23. The van der Waals surface area contributed by atoms with E-state index in [0.717, 1.165) is 4.90 Å². The van der Waals surface area contributed by atoms with Crippen LogP contribution in [0.4, 0.5) is 5.69 Å². The van der Waals surface area contributed by atoms with Crippen molar-refractivity contribution in [2.75, 3.05) is 11.9 Å². The number of carbonyl (C=O) groups is 3. The molecule has 0 bridgehead atoms. The van der Waals surface area contributed by atoms with Gasteiger partial charge in [-0.25, -0.2) is 9.97 Å². The number of rotatable bonds is 6. The van der Waals surface area contributed by atoms with E-state index >= 15 is 0 Å². The molecule has 2 heterocycles. The zero-order valence-corrected chi connectivity index (χ0v) is 15.2. The van der Waals surface area contributed by atoms with Crippen molar-refractivity contribution >= 4 is 23.4 Å². The molecule has 0 unspecified atom stereocenters. The maximum absolute atomic E-state index is 12.3. The van der Waals surface area contributed by atoms with E-state index in [-0.39, 0.29) is 36.7 Å². The maximum Gasteiger partial charge on any atom is 0.321 e. The number of benzene rings is 2. The number of aromatic nitrogens is 2. The van der Waals surface area contributed by atoms with Gasteiger partial charge in [0.2, 0.25) is 5.91 Å². The van der Waals surface area contributed by atoms with Crippen LogP contribution in [0, 0.1) is 0 Å². The number of nitrogens with one attached hydrogen (secondary N) is 1. The van der Waals surface area contributed by atoms with Crippen molar-refractivity contribution in [3.8, 4) is 11.8 Å². The number of hydrogen-bond donors (Lipinski definition) is 1. The number of carbonyl (C=O) groups excluding carboxylic acids is 3. The molecule has 8 heteroatoms. The van der Waals surface area contributed by atoms with Crippen LogP contribution in [0.25, 0.3) is 0 Å². The summed E-state index contributed by atoms with van der Waals surface area (Å²) in [6.45, 7) is 0.0186. The lowest BCUT2D eigenvalue weighted by Crippen LogP contribution is -2.32. The Morgan fingerprint density at radius 1 is 0.897 bits per heavy atom. The third-order valence-electron chi connectivity index (χ3n) is 4.33. The van der Waals surface area contributed by atoms with Crippen molar-refractivity contribution in [2.24, 2.45) is 0 Å². The minimum absolute atomic E-state index is 0.00156. The largest absolute Gasteiger partial charge is 0.424 e. The first kappa shape index (κ1) is 18.3. The number of imide groups is 1. The fraction of sp³-hybridized carbons (Fsp3) is 0.0952. The number of ether oxygens (including phenoxy) is 1. The molecule has 8 nitrogen and oxygen atoms in total. The molecule has 1 N–H and O–H groups in total. The third-order valence-corrected chi connectivity index (χ3v) is 4.33. The Morgan fingerprint density at radius 3 is 2.14 bits per heavy atom. The number of fused-ring (bicyclic) bond motifs is 1. The van der Waals surface area contributed by atoms with Gasteiger partial charge in [-0.15, -0.1) is 0 Å². The molecule has 1 aliphatic heterocycles. The van der Waals surface area contributed by atoms with Crippen LogP contribution in [0.1, 0.15) is 27.1 Å².